The summed E-state index contributed by atoms with van der Waals surface area (Å²) >= 11 is 0. The third-order valence-corrected chi connectivity index (χ3v) is 1.16. The van der Waals surface area contributed by atoms with Gasteiger partial charge in [0.1, 0.15) is 0 Å². The first kappa shape index (κ1) is 19.0. The second-order valence-corrected chi connectivity index (χ2v) is 2.49. The second-order valence-electron chi connectivity index (χ2n) is 1.18. The van der Waals surface area contributed by atoms with Gasteiger partial charge >= 0.3 is 68.6 Å². The van der Waals surface area contributed by atoms with E-state index in [1.165, 1.54) is 0 Å². The third-order valence-electron chi connectivity index (χ3n) is 0.387. The molecule has 0 unspecified atom stereocenters. The van der Waals surface area contributed by atoms with Crippen molar-refractivity contribution in [1.82, 2.24) is 0 Å². The van der Waals surface area contributed by atoms with Gasteiger partial charge in [0.05, 0.1) is 0 Å². The second kappa shape index (κ2) is 7.71. The molecule has 0 spiro atoms. The zero-order chi connectivity index (χ0) is 9.07. The molecule has 0 aliphatic carbocycles. The minimum Gasteiger partial charge on any atom is -1.00 e. The largest absolute Gasteiger partial charge is 1.00 e. The van der Waals surface area contributed by atoms with Gasteiger partial charge in [-0.25, -0.2) is 14.2 Å². The number of carbonyl (C=O) groups is 2. The summed E-state index contributed by atoms with van der Waals surface area (Å²) in [5, 5.41) is 15.5. The molecule has 0 aliphatic rings. The average molecular weight is 218 g/mol. The van der Waals surface area contributed by atoms with Gasteiger partial charge in [-0.05, 0) is 0 Å². The van der Waals surface area contributed by atoms with Gasteiger partial charge in [0.2, 0.25) is 0 Å². The van der Waals surface area contributed by atoms with E-state index in [0.717, 1.165) is 0 Å². The fraction of sp³-hybridized carbons (Fsp3) is 0. The topological polar surface area (TPSA) is 130 Å². The monoisotopic (exact) mass is 218 g/mol. The number of hydrogen-bond acceptors (Lipinski definition) is 5. The number of phosphoric ester groups is 1. The Bertz CT molecular complexity index is 217. The molecule has 3 N–H and O–H groups in total. The fourth-order valence-electron chi connectivity index (χ4n) is 0.216. The molecule has 0 aromatic carbocycles. The van der Waals surface area contributed by atoms with Crippen molar-refractivity contribution < 1.29 is 89.6 Å². The van der Waals surface area contributed by atoms with Gasteiger partial charge in [0, 0.05) is 0 Å². The quantitative estimate of drug-likeness (QED) is 0.309. The molecule has 0 aromatic heterocycles. The minimum atomic E-state index is -5.00. The van der Waals surface area contributed by atoms with Gasteiger partial charge in [-0.15, -0.1) is 0 Å². The molecule has 0 fully saturated rings. The van der Waals surface area contributed by atoms with Gasteiger partial charge in [-0.3, -0.25) is 4.89 Å². The molecule has 0 saturated carbocycles. The van der Waals surface area contributed by atoms with Crippen LogP contribution in [0.25, 0.3) is 0 Å². The van der Waals surface area contributed by atoms with Crippen LogP contribution in [0.3, 0.4) is 0 Å². The Kier molecular flexibility index (Phi) is 11.3. The first-order valence-electron chi connectivity index (χ1n) is 2.01. The van der Waals surface area contributed by atoms with Crippen molar-refractivity contribution >= 4 is 20.1 Å². The van der Waals surface area contributed by atoms with Crippen LogP contribution in [0.15, 0.2) is 0 Å². The Labute approximate surface area is 109 Å². The molecular weight excluding hydrogens is 213 g/mol. The van der Waals surface area contributed by atoms with E-state index in [-0.39, 0.29) is 51.3 Å². The predicted octanol–water partition coefficient (Wildman–Crippen LogP) is -5.29. The molecular formula is C2H5LiNaO8P. The van der Waals surface area contributed by atoms with Gasteiger partial charge in [0.15, 0.2) is 0 Å². The molecule has 0 heterocycles. The first-order chi connectivity index (χ1) is 4.83. The molecule has 0 saturated heterocycles. The molecule has 8 nitrogen and oxygen atoms in total. The average Bonchev–Trinajstić information content (AvgIpc) is 1.53. The maximum absolute atomic E-state index is 10.2. The number of carboxylic acid groups (broad SMARTS) is 2. The van der Waals surface area contributed by atoms with Crippen LogP contribution >= 0.6 is 7.82 Å². The molecule has 0 bridgehead atoms. The normalized spacial score (nSPS) is 8.69. The Morgan fingerprint density at radius 1 is 1.15 bits per heavy atom. The molecule has 0 aliphatic heterocycles. The van der Waals surface area contributed by atoms with E-state index in [4.69, 9.17) is 15.1 Å². The third kappa shape index (κ3) is 12.3. The molecule has 0 rings (SSSR count). The van der Waals surface area contributed by atoms with Crippen molar-refractivity contribution in [2.24, 2.45) is 0 Å². The Morgan fingerprint density at radius 2 is 1.38 bits per heavy atom. The van der Waals surface area contributed by atoms with Crippen molar-refractivity contribution in [2.45, 2.75) is 0 Å². The molecule has 0 aromatic rings. The van der Waals surface area contributed by atoms with Crippen LogP contribution in [0.5, 0.6) is 0 Å². The molecule has 11 heteroatoms. The molecule has 0 atom stereocenters. The minimum absolute atomic E-state index is 0. The van der Waals surface area contributed by atoms with Crippen LogP contribution in [0, 0.1) is 0 Å². The van der Waals surface area contributed by atoms with Crippen LogP contribution in [0.4, 0.5) is 9.59 Å². The Hall–Kier alpha value is 0.327. The maximum atomic E-state index is 10.2. The van der Waals surface area contributed by atoms with E-state index in [9.17, 15) is 14.2 Å². The van der Waals surface area contributed by atoms with Gasteiger partial charge in [-0.2, -0.15) is 0 Å². The van der Waals surface area contributed by atoms with Crippen molar-refractivity contribution in [3.8, 4) is 0 Å². The van der Waals surface area contributed by atoms with Gasteiger partial charge in [-0.1, -0.05) is 0 Å². The van der Waals surface area contributed by atoms with Gasteiger partial charge < -0.3 is 22.1 Å². The summed E-state index contributed by atoms with van der Waals surface area (Å²) in [5.74, 6) is 0. The van der Waals surface area contributed by atoms with E-state index in [1.807, 2.05) is 0 Å². The summed E-state index contributed by atoms with van der Waals surface area (Å²) in [7, 11) is -5.00. The van der Waals surface area contributed by atoms with Crippen LogP contribution in [-0.4, -0.2) is 27.4 Å². The standard InChI is InChI=1S/C2H3O8P.Li.Na.2H/c3-1(4)9-11(7,8)10-2(5)6;;;;/h(H,3,4)(H,5,6)(H,7,8);;;;/q;2*+1;2*-1. The summed E-state index contributed by atoms with van der Waals surface area (Å²) in [6.07, 6.45) is -4.20. The van der Waals surface area contributed by atoms with Crippen molar-refractivity contribution in [3.63, 3.8) is 0 Å². The van der Waals surface area contributed by atoms with Gasteiger partial charge in [0.25, 0.3) is 0 Å². The summed E-state index contributed by atoms with van der Waals surface area (Å²) < 4.78 is 16.5. The zero-order valence-electron chi connectivity index (χ0n) is 8.83. The van der Waals surface area contributed by atoms with E-state index >= 15 is 0 Å². The fourth-order valence-corrected chi connectivity index (χ4v) is 0.648. The van der Waals surface area contributed by atoms with Crippen molar-refractivity contribution in [1.29, 1.82) is 0 Å². The van der Waals surface area contributed by atoms with Crippen LogP contribution < -0.4 is 48.4 Å². The molecule has 0 radical (unpaired) electrons. The van der Waals surface area contributed by atoms with Crippen molar-refractivity contribution in [3.05, 3.63) is 0 Å². The number of hydrogen-bond donors (Lipinski definition) is 3. The summed E-state index contributed by atoms with van der Waals surface area (Å²) in [4.78, 5) is 27.3. The van der Waals surface area contributed by atoms with E-state index in [2.05, 4.69) is 9.05 Å². The van der Waals surface area contributed by atoms with Crippen LogP contribution in [-0.2, 0) is 13.6 Å². The van der Waals surface area contributed by atoms with Crippen molar-refractivity contribution in [2.75, 3.05) is 0 Å². The summed E-state index contributed by atoms with van der Waals surface area (Å²) in [5.41, 5.74) is 0. The maximum Gasteiger partial charge on any atom is 1.00 e. The number of rotatable bonds is 2. The molecule has 13 heavy (non-hydrogen) atoms. The first-order valence-corrected chi connectivity index (χ1v) is 3.51. The smallest absolute Gasteiger partial charge is 1.00 e. The SMILES string of the molecule is O=C(O)OP(=O)(O)OC(=O)O.[H-].[H-].[Li+].[Na+]. The molecule has 68 valence electrons. The van der Waals surface area contributed by atoms with E-state index in [0.29, 0.717) is 0 Å². The van der Waals surface area contributed by atoms with Crippen LogP contribution in [0.2, 0.25) is 0 Å². The Balaban J connectivity index is -0.0000000833. The number of phosphoric acid groups is 1. The summed E-state index contributed by atoms with van der Waals surface area (Å²) in [6, 6.07) is 0. The summed E-state index contributed by atoms with van der Waals surface area (Å²) in [6.45, 7) is 0. The molecule has 0 amide bonds. The van der Waals surface area contributed by atoms with E-state index in [1.54, 1.807) is 0 Å². The van der Waals surface area contributed by atoms with E-state index < -0.39 is 20.1 Å². The predicted molar refractivity (Wildman–Crippen MR) is 30.3 cm³/mol. The van der Waals surface area contributed by atoms with Crippen LogP contribution in [0.1, 0.15) is 2.85 Å². The zero-order valence-corrected chi connectivity index (χ0v) is 9.72. The Morgan fingerprint density at radius 3 is 1.54 bits per heavy atom.